The second-order valence-corrected chi connectivity index (χ2v) is 6.02. The Hall–Kier alpha value is -3.39. The van der Waals surface area contributed by atoms with Gasteiger partial charge >= 0.3 is 5.69 Å². The number of aromatic nitrogens is 2. The molecule has 0 bridgehead atoms. The molecule has 0 aliphatic carbocycles. The molecule has 1 heterocycles. The molecule has 0 fully saturated rings. The number of ether oxygens (including phenoxy) is 1. The van der Waals surface area contributed by atoms with Crippen LogP contribution in [-0.2, 0) is 0 Å². The van der Waals surface area contributed by atoms with E-state index in [4.69, 9.17) is 16.3 Å². The van der Waals surface area contributed by atoms with E-state index in [0.717, 1.165) is 0 Å². The standard InChI is InChI=1S/C18H16ClN5O3/c1-11-16(24(25)26)17(21-14-7-4-8-15(10-14)27-2)23-18(20-11)22-13-6-3-5-12(19)9-13/h3-10H,1-2H3,(H2,20,21,22,23). The number of halogens is 1. The van der Waals surface area contributed by atoms with Crippen LogP contribution in [0.3, 0.4) is 0 Å². The van der Waals surface area contributed by atoms with E-state index in [1.165, 1.54) is 0 Å². The van der Waals surface area contributed by atoms with E-state index in [2.05, 4.69) is 20.6 Å². The number of benzene rings is 2. The summed E-state index contributed by atoms with van der Waals surface area (Å²) in [6, 6.07) is 14.0. The molecule has 0 radical (unpaired) electrons. The first kappa shape index (κ1) is 18.4. The summed E-state index contributed by atoms with van der Waals surface area (Å²) in [5.74, 6) is 0.904. The van der Waals surface area contributed by atoms with E-state index in [1.54, 1.807) is 62.6 Å². The Morgan fingerprint density at radius 3 is 2.44 bits per heavy atom. The smallest absolute Gasteiger partial charge is 0.332 e. The van der Waals surface area contributed by atoms with Crippen LogP contribution >= 0.6 is 11.6 Å². The molecule has 0 aliphatic heterocycles. The lowest BCUT2D eigenvalue weighted by molar-refractivity contribution is -0.385. The second kappa shape index (κ2) is 7.88. The molecule has 3 rings (SSSR count). The third-order valence-electron chi connectivity index (χ3n) is 3.65. The molecular formula is C18H16ClN5O3. The zero-order valence-corrected chi connectivity index (χ0v) is 15.3. The predicted octanol–water partition coefficient (Wildman–Crippen LogP) is 4.84. The first-order valence-corrected chi connectivity index (χ1v) is 8.31. The lowest BCUT2D eigenvalue weighted by Gasteiger charge is -2.11. The largest absolute Gasteiger partial charge is 0.497 e. The predicted molar refractivity (Wildman–Crippen MR) is 104 cm³/mol. The highest BCUT2D eigenvalue weighted by Gasteiger charge is 2.22. The molecule has 2 N–H and O–H groups in total. The summed E-state index contributed by atoms with van der Waals surface area (Å²) in [6.45, 7) is 1.56. The topological polar surface area (TPSA) is 102 Å². The Labute approximate surface area is 160 Å². The minimum absolute atomic E-state index is 0.0743. The van der Waals surface area contributed by atoms with E-state index in [0.29, 0.717) is 22.1 Å². The molecule has 1 aromatic heterocycles. The van der Waals surface area contributed by atoms with Gasteiger partial charge in [0.2, 0.25) is 11.8 Å². The average Bonchev–Trinajstić information content (AvgIpc) is 2.61. The molecular weight excluding hydrogens is 370 g/mol. The number of nitrogens with one attached hydrogen (secondary N) is 2. The van der Waals surface area contributed by atoms with Crippen LogP contribution in [0.15, 0.2) is 48.5 Å². The maximum Gasteiger partial charge on any atom is 0.332 e. The number of anilines is 4. The van der Waals surface area contributed by atoms with Crippen molar-refractivity contribution in [2.45, 2.75) is 6.92 Å². The normalized spacial score (nSPS) is 10.3. The Morgan fingerprint density at radius 1 is 1.07 bits per heavy atom. The van der Waals surface area contributed by atoms with Crippen LogP contribution in [0.5, 0.6) is 5.75 Å². The third kappa shape index (κ3) is 4.42. The number of rotatable bonds is 6. The molecule has 0 amide bonds. The van der Waals surface area contributed by atoms with Crippen molar-refractivity contribution >= 4 is 40.4 Å². The van der Waals surface area contributed by atoms with E-state index in [1.807, 2.05) is 0 Å². The first-order chi connectivity index (χ1) is 13.0. The van der Waals surface area contributed by atoms with Gasteiger partial charge in [-0.15, -0.1) is 0 Å². The summed E-state index contributed by atoms with van der Waals surface area (Å²) >= 11 is 5.98. The fourth-order valence-electron chi connectivity index (χ4n) is 2.46. The zero-order chi connectivity index (χ0) is 19.4. The van der Waals surface area contributed by atoms with Crippen molar-refractivity contribution in [3.63, 3.8) is 0 Å². The lowest BCUT2D eigenvalue weighted by Crippen LogP contribution is -2.07. The van der Waals surface area contributed by atoms with E-state index in [9.17, 15) is 10.1 Å². The molecule has 0 atom stereocenters. The molecule has 0 saturated carbocycles. The molecule has 2 aromatic carbocycles. The van der Waals surface area contributed by atoms with Gasteiger partial charge in [0, 0.05) is 22.5 Å². The highest BCUT2D eigenvalue weighted by molar-refractivity contribution is 6.30. The van der Waals surface area contributed by atoms with Crippen molar-refractivity contribution in [3.05, 3.63) is 69.4 Å². The van der Waals surface area contributed by atoms with Crippen LogP contribution in [-0.4, -0.2) is 22.0 Å². The maximum absolute atomic E-state index is 11.5. The van der Waals surface area contributed by atoms with Crippen LogP contribution < -0.4 is 15.4 Å². The monoisotopic (exact) mass is 385 g/mol. The molecule has 9 heteroatoms. The number of nitrogens with zero attached hydrogens (tertiary/aromatic N) is 3. The number of hydrogen-bond donors (Lipinski definition) is 2. The Kier molecular flexibility index (Phi) is 5.37. The SMILES string of the molecule is COc1cccc(Nc2nc(Nc3cccc(Cl)c3)nc(C)c2[N+](=O)[O-])c1. The quantitative estimate of drug-likeness (QED) is 0.462. The highest BCUT2D eigenvalue weighted by atomic mass is 35.5. The van der Waals surface area contributed by atoms with Crippen LogP contribution in [0.25, 0.3) is 0 Å². The number of aryl methyl sites for hydroxylation is 1. The van der Waals surface area contributed by atoms with Gasteiger partial charge < -0.3 is 15.4 Å². The van der Waals surface area contributed by atoms with Gasteiger partial charge in [-0.25, -0.2) is 4.98 Å². The Bertz CT molecular complexity index is 996. The highest BCUT2D eigenvalue weighted by Crippen LogP contribution is 2.31. The summed E-state index contributed by atoms with van der Waals surface area (Å²) in [4.78, 5) is 19.4. The van der Waals surface area contributed by atoms with Gasteiger partial charge in [-0.05, 0) is 37.3 Å². The summed E-state index contributed by atoms with van der Waals surface area (Å²) in [7, 11) is 1.55. The lowest BCUT2D eigenvalue weighted by atomic mass is 10.3. The van der Waals surface area contributed by atoms with Crippen molar-refractivity contribution in [3.8, 4) is 5.75 Å². The van der Waals surface area contributed by atoms with Crippen molar-refractivity contribution in [1.29, 1.82) is 0 Å². The van der Waals surface area contributed by atoms with E-state index in [-0.39, 0.29) is 23.1 Å². The van der Waals surface area contributed by atoms with Crippen LogP contribution in [0.4, 0.5) is 28.8 Å². The molecule has 0 unspecified atom stereocenters. The number of methoxy groups -OCH3 is 1. The summed E-state index contributed by atoms with van der Waals surface area (Å²) in [5, 5.41) is 18.0. The van der Waals surface area contributed by atoms with E-state index >= 15 is 0 Å². The average molecular weight is 386 g/mol. The summed E-state index contributed by atoms with van der Waals surface area (Å²) in [6.07, 6.45) is 0. The van der Waals surface area contributed by atoms with Gasteiger partial charge in [0.05, 0.1) is 12.0 Å². The minimum Gasteiger partial charge on any atom is -0.497 e. The molecule has 8 nitrogen and oxygen atoms in total. The molecule has 27 heavy (non-hydrogen) atoms. The van der Waals surface area contributed by atoms with Crippen molar-refractivity contribution < 1.29 is 9.66 Å². The molecule has 0 aliphatic rings. The van der Waals surface area contributed by atoms with Gasteiger partial charge in [0.25, 0.3) is 0 Å². The van der Waals surface area contributed by atoms with Gasteiger partial charge in [-0.3, -0.25) is 10.1 Å². The van der Waals surface area contributed by atoms with Crippen LogP contribution in [0.1, 0.15) is 5.69 Å². The van der Waals surface area contributed by atoms with Crippen molar-refractivity contribution in [2.24, 2.45) is 0 Å². The zero-order valence-electron chi connectivity index (χ0n) is 14.6. The Morgan fingerprint density at radius 2 is 1.78 bits per heavy atom. The third-order valence-corrected chi connectivity index (χ3v) is 3.89. The maximum atomic E-state index is 11.5. The first-order valence-electron chi connectivity index (χ1n) is 7.93. The fourth-order valence-corrected chi connectivity index (χ4v) is 2.65. The van der Waals surface area contributed by atoms with Crippen molar-refractivity contribution in [1.82, 2.24) is 9.97 Å². The minimum atomic E-state index is -0.513. The number of nitro groups is 1. The second-order valence-electron chi connectivity index (χ2n) is 5.58. The van der Waals surface area contributed by atoms with Gasteiger partial charge in [-0.2, -0.15) is 4.98 Å². The molecule has 138 valence electrons. The van der Waals surface area contributed by atoms with Gasteiger partial charge in [0.15, 0.2) is 0 Å². The van der Waals surface area contributed by atoms with E-state index < -0.39 is 4.92 Å². The van der Waals surface area contributed by atoms with Crippen LogP contribution in [0, 0.1) is 17.0 Å². The van der Waals surface area contributed by atoms with Gasteiger partial charge in [-0.1, -0.05) is 23.7 Å². The fraction of sp³-hybridized carbons (Fsp3) is 0.111. The Balaban J connectivity index is 1.99. The van der Waals surface area contributed by atoms with Crippen molar-refractivity contribution in [2.75, 3.05) is 17.7 Å². The molecule has 0 spiro atoms. The molecule has 0 saturated heterocycles. The van der Waals surface area contributed by atoms with Crippen LogP contribution in [0.2, 0.25) is 5.02 Å². The van der Waals surface area contributed by atoms with Gasteiger partial charge in [0.1, 0.15) is 11.4 Å². The number of hydrogen-bond acceptors (Lipinski definition) is 7. The molecule has 3 aromatic rings. The summed E-state index contributed by atoms with van der Waals surface area (Å²) in [5.41, 5.74) is 1.30. The summed E-state index contributed by atoms with van der Waals surface area (Å²) < 4.78 is 5.18.